The molecule has 1 spiro atoms. The van der Waals surface area contributed by atoms with Crippen LogP contribution in [0.2, 0.25) is 0 Å². The molecule has 0 amide bonds. The first-order chi connectivity index (χ1) is 11.4. The summed E-state index contributed by atoms with van der Waals surface area (Å²) in [6, 6.07) is 9.55. The number of hydrogen-bond donors (Lipinski definition) is 0. The average Bonchev–Trinajstić information content (AvgIpc) is 2.60. The molecule has 5 heteroatoms. The first-order valence-electron chi connectivity index (χ1n) is 8.50. The van der Waals surface area contributed by atoms with Crippen LogP contribution in [0.4, 0.5) is 0 Å². The summed E-state index contributed by atoms with van der Waals surface area (Å²) in [5.41, 5.74) is 1.27. The summed E-state index contributed by atoms with van der Waals surface area (Å²) in [6.07, 6.45) is 4.55. The Hall–Kier alpha value is -1.17. The lowest BCUT2D eigenvalue weighted by atomic mass is 9.90. The van der Waals surface area contributed by atoms with Crippen LogP contribution in [-0.4, -0.2) is 36.0 Å². The molecule has 24 heavy (non-hydrogen) atoms. The molecular weight excluding hydrogens is 322 g/mol. The van der Waals surface area contributed by atoms with Crippen LogP contribution >= 0.6 is 0 Å². The van der Waals surface area contributed by atoms with Gasteiger partial charge in [0.15, 0.2) is 5.79 Å². The molecule has 1 unspecified atom stereocenters. The zero-order valence-electron chi connectivity index (χ0n) is 14.8. The van der Waals surface area contributed by atoms with Crippen molar-refractivity contribution in [3.8, 4) is 0 Å². The third kappa shape index (κ3) is 3.73. The van der Waals surface area contributed by atoms with Gasteiger partial charge in [0, 0.05) is 30.2 Å². The highest BCUT2D eigenvalue weighted by atomic mass is 32.2. The van der Waals surface area contributed by atoms with Crippen molar-refractivity contribution in [1.29, 1.82) is 0 Å². The smallest absolute Gasteiger partial charge is 0.172 e. The molecule has 1 aromatic rings. The maximum atomic E-state index is 13.2. The maximum Gasteiger partial charge on any atom is 0.172 e. The third-order valence-electron chi connectivity index (χ3n) is 4.77. The van der Waals surface area contributed by atoms with Crippen molar-refractivity contribution in [2.75, 3.05) is 26.0 Å². The van der Waals surface area contributed by atoms with E-state index in [4.69, 9.17) is 9.47 Å². The van der Waals surface area contributed by atoms with Gasteiger partial charge in [-0.1, -0.05) is 43.7 Å². The Balaban J connectivity index is 1.71. The zero-order chi connectivity index (χ0) is 17.3. The molecule has 0 saturated carbocycles. The molecular formula is C19H27NO3S. The van der Waals surface area contributed by atoms with Gasteiger partial charge in [-0.05, 0) is 18.6 Å². The van der Waals surface area contributed by atoms with E-state index < -0.39 is 15.5 Å². The Kier molecular flexibility index (Phi) is 4.87. The van der Waals surface area contributed by atoms with Crippen LogP contribution < -0.4 is 0 Å². The van der Waals surface area contributed by atoms with Crippen LogP contribution in [-0.2, 0) is 19.2 Å². The van der Waals surface area contributed by atoms with Gasteiger partial charge in [0.25, 0.3) is 0 Å². The molecule has 0 aromatic heterocycles. The third-order valence-corrected chi connectivity index (χ3v) is 7.13. The van der Waals surface area contributed by atoms with E-state index in [2.05, 4.69) is 24.3 Å². The molecule has 0 radical (unpaired) electrons. The summed E-state index contributed by atoms with van der Waals surface area (Å²) in [7, 11) is -0.743. The van der Waals surface area contributed by atoms with Crippen molar-refractivity contribution >= 4 is 9.73 Å². The molecule has 1 aromatic carbocycles. The molecule has 1 fully saturated rings. The number of hydrogen-bond acceptors (Lipinski definition) is 4. The lowest BCUT2D eigenvalue weighted by molar-refractivity contribution is -0.301. The van der Waals surface area contributed by atoms with Gasteiger partial charge in [0.1, 0.15) is 0 Å². The standard InChI is InChI=1S/C19H27NO3S/c1-18(2)14-22-19(23-15-18)11-9-16(10-12-19)13-24(21,20-3)17-7-5-4-6-8-17/h4-9H,10-15H2,1-3H3. The molecule has 1 aliphatic carbocycles. The second kappa shape index (κ2) is 6.62. The maximum absolute atomic E-state index is 13.2. The average molecular weight is 349 g/mol. The van der Waals surface area contributed by atoms with Gasteiger partial charge >= 0.3 is 0 Å². The predicted molar refractivity (Wildman–Crippen MR) is 96.4 cm³/mol. The monoisotopic (exact) mass is 349 g/mol. The lowest BCUT2D eigenvalue weighted by Crippen LogP contribution is -2.48. The predicted octanol–water partition coefficient (Wildman–Crippen LogP) is 4.02. The first kappa shape index (κ1) is 17.6. The van der Waals surface area contributed by atoms with E-state index in [1.165, 1.54) is 5.57 Å². The zero-order valence-corrected chi connectivity index (χ0v) is 15.6. The lowest BCUT2D eigenvalue weighted by Gasteiger charge is -2.44. The molecule has 0 bridgehead atoms. The van der Waals surface area contributed by atoms with E-state index in [-0.39, 0.29) is 5.41 Å². The molecule has 0 N–H and O–H groups in total. The van der Waals surface area contributed by atoms with Gasteiger partial charge in [-0.2, -0.15) is 0 Å². The summed E-state index contributed by atoms with van der Waals surface area (Å²) in [6.45, 7) is 5.76. The Morgan fingerprint density at radius 2 is 1.83 bits per heavy atom. The van der Waals surface area contributed by atoms with E-state index in [9.17, 15) is 4.21 Å². The summed E-state index contributed by atoms with van der Waals surface area (Å²) in [5.74, 6) is 0.0189. The van der Waals surface area contributed by atoms with E-state index in [1.807, 2.05) is 30.3 Å². The second-order valence-electron chi connectivity index (χ2n) is 7.50. The quantitative estimate of drug-likeness (QED) is 0.774. The van der Waals surface area contributed by atoms with Gasteiger partial charge in [0.05, 0.1) is 28.7 Å². The van der Waals surface area contributed by atoms with Crippen LogP contribution in [0.5, 0.6) is 0 Å². The molecule has 4 nitrogen and oxygen atoms in total. The van der Waals surface area contributed by atoms with E-state index in [0.717, 1.165) is 37.4 Å². The Morgan fingerprint density at radius 1 is 1.17 bits per heavy atom. The summed E-state index contributed by atoms with van der Waals surface area (Å²) in [5, 5.41) is 0. The number of nitrogens with zero attached hydrogens (tertiary/aromatic N) is 1. The van der Waals surface area contributed by atoms with Crippen molar-refractivity contribution in [3.63, 3.8) is 0 Å². The summed E-state index contributed by atoms with van der Waals surface area (Å²) >= 11 is 0. The largest absolute Gasteiger partial charge is 0.349 e. The van der Waals surface area contributed by atoms with E-state index >= 15 is 0 Å². The van der Waals surface area contributed by atoms with Gasteiger partial charge in [-0.15, -0.1) is 0 Å². The highest BCUT2D eigenvalue weighted by Crippen LogP contribution is 2.39. The molecule has 132 valence electrons. The molecule has 3 rings (SSSR count). The number of rotatable bonds is 3. The van der Waals surface area contributed by atoms with Crippen molar-refractivity contribution in [3.05, 3.63) is 42.0 Å². The fraction of sp³-hybridized carbons (Fsp3) is 0.579. The van der Waals surface area contributed by atoms with Crippen LogP contribution in [0, 0.1) is 5.41 Å². The van der Waals surface area contributed by atoms with Crippen LogP contribution in [0.1, 0.15) is 33.1 Å². The fourth-order valence-corrected chi connectivity index (χ4v) is 4.98. The first-order valence-corrected chi connectivity index (χ1v) is 10.2. The number of benzene rings is 1. The normalized spacial score (nSPS) is 24.9. The van der Waals surface area contributed by atoms with Crippen molar-refractivity contribution < 1.29 is 13.7 Å². The minimum Gasteiger partial charge on any atom is -0.349 e. The Labute approximate surface area is 145 Å². The van der Waals surface area contributed by atoms with Crippen molar-refractivity contribution in [2.45, 2.75) is 43.8 Å². The molecule has 2 aliphatic rings. The minimum absolute atomic E-state index is 0.0813. The van der Waals surface area contributed by atoms with Crippen LogP contribution in [0.15, 0.2) is 51.2 Å². The second-order valence-corrected chi connectivity index (χ2v) is 9.91. The van der Waals surface area contributed by atoms with Gasteiger partial charge in [-0.25, -0.2) is 8.57 Å². The highest BCUT2D eigenvalue weighted by molar-refractivity contribution is 7.93. The molecule has 1 atom stereocenters. The van der Waals surface area contributed by atoms with Crippen LogP contribution in [0.25, 0.3) is 0 Å². The molecule has 1 saturated heterocycles. The van der Waals surface area contributed by atoms with Gasteiger partial charge in [0.2, 0.25) is 0 Å². The molecule has 1 aliphatic heterocycles. The van der Waals surface area contributed by atoms with Crippen molar-refractivity contribution in [1.82, 2.24) is 0 Å². The van der Waals surface area contributed by atoms with Gasteiger partial charge in [-0.3, -0.25) is 0 Å². The Bertz CT molecular complexity index is 720. The SMILES string of the molecule is CN=S(=O)(CC1=CCC2(CC1)OCC(C)(C)CO2)c1ccccc1. The minimum atomic E-state index is -2.39. The fourth-order valence-electron chi connectivity index (χ4n) is 3.12. The molecule has 1 heterocycles. The summed E-state index contributed by atoms with van der Waals surface area (Å²) < 4.78 is 29.5. The highest BCUT2D eigenvalue weighted by Gasteiger charge is 2.41. The van der Waals surface area contributed by atoms with Crippen LogP contribution in [0.3, 0.4) is 0 Å². The van der Waals surface area contributed by atoms with Gasteiger partial charge < -0.3 is 9.47 Å². The van der Waals surface area contributed by atoms with Crippen molar-refractivity contribution in [2.24, 2.45) is 9.78 Å². The Morgan fingerprint density at radius 3 is 2.38 bits per heavy atom. The van der Waals surface area contributed by atoms with E-state index in [1.54, 1.807) is 7.05 Å². The summed E-state index contributed by atoms with van der Waals surface area (Å²) in [4.78, 5) is 0.806. The van der Waals surface area contributed by atoms with E-state index in [0.29, 0.717) is 5.75 Å². The topological polar surface area (TPSA) is 47.9 Å². The number of ether oxygens (including phenoxy) is 2.